The fourth-order valence-corrected chi connectivity index (χ4v) is 2.24. The summed E-state index contributed by atoms with van der Waals surface area (Å²) in [4.78, 5) is 0. The van der Waals surface area contributed by atoms with E-state index in [4.69, 9.17) is 26.3 Å². The maximum absolute atomic E-state index is 9.97. The molecule has 6 heteroatoms. The first-order chi connectivity index (χ1) is 10.2. The molecule has 2 aromatic rings. The van der Waals surface area contributed by atoms with Crippen molar-refractivity contribution in [1.82, 2.24) is 0 Å². The highest BCUT2D eigenvalue weighted by atomic mass is 35.5. The SMILES string of the molecule is N#Cc1ccc(Cl)cc1NCc1cc2c(cc1O)OCO2. The summed E-state index contributed by atoms with van der Waals surface area (Å²) in [6.45, 7) is 0.482. The standard InChI is InChI=1S/C15H11ClN2O3/c16-11-2-1-9(6-17)12(4-11)18-7-10-3-14-15(5-13(10)19)21-8-20-14/h1-5,18-19H,7-8H2. The monoisotopic (exact) mass is 302 g/mol. The van der Waals surface area contributed by atoms with Gasteiger partial charge >= 0.3 is 0 Å². The number of halogens is 1. The fraction of sp³-hybridized carbons (Fsp3) is 0.133. The number of phenolic OH excluding ortho intramolecular Hbond substituents is 1. The third-order valence-electron chi connectivity index (χ3n) is 3.15. The lowest BCUT2D eigenvalue weighted by atomic mass is 10.1. The van der Waals surface area contributed by atoms with E-state index in [1.54, 1.807) is 24.3 Å². The molecule has 2 aromatic carbocycles. The van der Waals surface area contributed by atoms with Gasteiger partial charge in [0.2, 0.25) is 6.79 Å². The predicted molar refractivity (Wildman–Crippen MR) is 77.7 cm³/mol. The minimum atomic E-state index is 0.104. The Hall–Kier alpha value is -2.58. The molecule has 0 aliphatic carbocycles. The van der Waals surface area contributed by atoms with Gasteiger partial charge in [0.05, 0.1) is 11.3 Å². The molecule has 3 rings (SSSR count). The molecule has 0 fully saturated rings. The van der Waals surface area contributed by atoms with Gasteiger partial charge in [-0.25, -0.2) is 0 Å². The summed E-state index contributed by atoms with van der Waals surface area (Å²) in [7, 11) is 0. The van der Waals surface area contributed by atoms with Crippen molar-refractivity contribution in [3.05, 3.63) is 46.5 Å². The van der Waals surface area contributed by atoms with E-state index in [1.165, 1.54) is 6.07 Å². The van der Waals surface area contributed by atoms with Crippen molar-refractivity contribution in [2.75, 3.05) is 12.1 Å². The number of fused-ring (bicyclic) bond motifs is 1. The molecule has 0 saturated carbocycles. The van der Waals surface area contributed by atoms with Gasteiger partial charge in [-0.3, -0.25) is 0 Å². The van der Waals surface area contributed by atoms with E-state index in [-0.39, 0.29) is 12.5 Å². The summed E-state index contributed by atoms with van der Waals surface area (Å²) in [6.07, 6.45) is 0. The average Bonchev–Trinajstić information content (AvgIpc) is 2.92. The zero-order chi connectivity index (χ0) is 14.8. The average molecular weight is 303 g/mol. The molecule has 1 heterocycles. The molecule has 1 aliphatic rings. The van der Waals surface area contributed by atoms with Crippen LogP contribution < -0.4 is 14.8 Å². The van der Waals surface area contributed by atoms with Gasteiger partial charge in [0, 0.05) is 23.2 Å². The Morgan fingerprint density at radius 2 is 2.00 bits per heavy atom. The van der Waals surface area contributed by atoms with Crippen LogP contribution in [0, 0.1) is 11.3 Å². The minimum absolute atomic E-state index is 0.104. The lowest BCUT2D eigenvalue weighted by molar-refractivity contribution is 0.174. The summed E-state index contributed by atoms with van der Waals surface area (Å²) >= 11 is 5.93. The molecular weight excluding hydrogens is 292 g/mol. The molecule has 0 aromatic heterocycles. The number of hydrogen-bond acceptors (Lipinski definition) is 5. The first-order valence-corrected chi connectivity index (χ1v) is 6.60. The Kier molecular flexibility index (Phi) is 3.46. The van der Waals surface area contributed by atoms with E-state index in [0.29, 0.717) is 39.9 Å². The summed E-state index contributed by atoms with van der Waals surface area (Å²) in [5.41, 5.74) is 1.74. The number of phenols is 1. The van der Waals surface area contributed by atoms with Crippen LogP contribution in [0.3, 0.4) is 0 Å². The molecule has 0 bridgehead atoms. The number of anilines is 1. The Morgan fingerprint density at radius 3 is 2.76 bits per heavy atom. The van der Waals surface area contributed by atoms with Crippen LogP contribution in [0.2, 0.25) is 5.02 Å². The highest BCUT2D eigenvalue weighted by Gasteiger charge is 2.17. The van der Waals surface area contributed by atoms with Gasteiger partial charge < -0.3 is 19.9 Å². The molecule has 1 aliphatic heterocycles. The molecule has 0 saturated heterocycles. The number of nitrogens with zero attached hydrogens (tertiary/aromatic N) is 1. The number of benzene rings is 2. The van der Waals surface area contributed by atoms with Crippen molar-refractivity contribution in [3.63, 3.8) is 0 Å². The van der Waals surface area contributed by atoms with Crippen molar-refractivity contribution in [2.24, 2.45) is 0 Å². The predicted octanol–water partition coefficient (Wildman–Crippen LogP) is 3.26. The van der Waals surface area contributed by atoms with Crippen LogP contribution in [0.1, 0.15) is 11.1 Å². The summed E-state index contributed by atoms with van der Waals surface area (Å²) in [5.74, 6) is 1.22. The number of rotatable bonds is 3. The maximum Gasteiger partial charge on any atom is 0.231 e. The zero-order valence-electron chi connectivity index (χ0n) is 10.9. The number of nitriles is 1. The molecule has 2 N–H and O–H groups in total. The molecule has 106 valence electrons. The Balaban J connectivity index is 1.83. The van der Waals surface area contributed by atoms with Crippen LogP contribution in [-0.2, 0) is 6.54 Å². The van der Waals surface area contributed by atoms with Crippen molar-refractivity contribution in [1.29, 1.82) is 5.26 Å². The molecule has 0 atom stereocenters. The third kappa shape index (κ3) is 2.67. The van der Waals surface area contributed by atoms with Gasteiger partial charge in [0.1, 0.15) is 11.8 Å². The van der Waals surface area contributed by atoms with Crippen LogP contribution in [0.4, 0.5) is 5.69 Å². The Bertz CT molecular complexity index is 740. The molecule has 5 nitrogen and oxygen atoms in total. The minimum Gasteiger partial charge on any atom is -0.507 e. The van der Waals surface area contributed by atoms with Crippen LogP contribution in [0.15, 0.2) is 30.3 Å². The van der Waals surface area contributed by atoms with Crippen LogP contribution in [-0.4, -0.2) is 11.9 Å². The van der Waals surface area contributed by atoms with Crippen LogP contribution in [0.25, 0.3) is 0 Å². The Labute approximate surface area is 126 Å². The van der Waals surface area contributed by atoms with Crippen molar-refractivity contribution in [3.8, 4) is 23.3 Å². The van der Waals surface area contributed by atoms with Gasteiger partial charge in [-0.2, -0.15) is 5.26 Å². The fourth-order valence-electron chi connectivity index (χ4n) is 2.07. The van der Waals surface area contributed by atoms with Gasteiger partial charge in [0.15, 0.2) is 11.5 Å². The van der Waals surface area contributed by atoms with Crippen LogP contribution in [0.5, 0.6) is 17.2 Å². The highest BCUT2D eigenvalue weighted by Crippen LogP contribution is 2.37. The summed E-state index contributed by atoms with van der Waals surface area (Å²) in [6, 6.07) is 10.3. The molecule has 0 unspecified atom stereocenters. The largest absolute Gasteiger partial charge is 0.507 e. The molecule has 0 radical (unpaired) electrons. The summed E-state index contributed by atoms with van der Waals surface area (Å²) < 4.78 is 10.5. The molecule has 0 spiro atoms. The maximum atomic E-state index is 9.97. The first kappa shape index (κ1) is 13.4. The van der Waals surface area contributed by atoms with E-state index in [9.17, 15) is 5.11 Å². The number of nitrogens with one attached hydrogen (secondary N) is 1. The zero-order valence-corrected chi connectivity index (χ0v) is 11.6. The van der Waals surface area contributed by atoms with E-state index >= 15 is 0 Å². The molecule has 0 amide bonds. The second-order valence-corrected chi connectivity index (χ2v) is 4.93. The summed E-state index contributed by atoms with van der Waals surface area (Å²) in [5, 5.41) is 22.7. The normalized spacial score (nSPS) is 12.0. The number of aromatic hydroxyl groups is 1. The van der Waals surface area contributed by atoms with Gasteiger partial charge in [-0.05, 0) is 24.3 Å². The lowest BCUT2D eigenvalue weighted by Crippen LogP contribution is -2.01. The van der Waals surface area contributed by atoms with Gasteiger partial charge in [-0.1, -0.05) is 11.6 Å². The lowest BCUT2D eigenvalue weighted by Gasteiger charge is -2.10. The van der Waals surface area contributed by atoms with Crippen molar-refractivity contribution < 1.29 is 14.6 Å². The molecule has 21 heavy (non-hydrogen) atoms. The van der Waals surface area contributed by atoms with Crippen molar-refractivity contribution >= 4 is 17.3 Å². The number of ether oxygens (including phenoxy) is 2. The van der Waals surface area contributed by atoms with E-state index in [0.717, 1.165) is 0 Å². The molecular formula is C15H11ClN2O3. The topological polar surface area (TPSA) is 74.5 Å². The van der Waals surface area contributed by atoms with E-state index < -0.39 is 0 Å². The third-order valence-corrected chi connectivity index (χ3v) is 3.38. The van der Waals surface area contributed by atoms with E-state index in [2.05, 4.69) is 11.4 Å². The highest BCUT2D eigenvalue weighted by molar-refractivity contribution is 6.30. The first-order valence-electron chi connectivity index (χ1n) is 6.22. The van der Waals surface area contributed by atoms with Crippen molar-refractivity contribution in [2.45, 2.75) is 6.54 Å². The van der Waals surface area contributed by atoms with Gasteiger partial charge in [0.25, 0.3) is 0 Å². The van der Waals surface area contributed by atoms with Gasteiger partial charge in [-0.15, -0.1) is 0 Å². The van der Waals surface area contributed by atoms with E-state index in [1.807, 2.05) is 0 Å². The second-order valence-electron chi connectivity index (χ2n) is 4.49. The second kappa shape index (κ2) is 5.43. The number of hydrogen-bond donors (Lipinski definition) is 2. The van der Waals surface area contributed by atoms with Crippen LogP contribution >= 0.6 is 11.6 Å². The smallest absolute Gasteiger partial charge is 0.231 e. The Morgan fingerprint density at radius 1 is 1.24 bits per heavy atom. The quantitative estimate of drug-likeness (QED) is 0.910.